The molecule has 3 rings (SSSR count). The molecular weight excluding hydrogens is 302 g/mol. The standard InChI is InChI=1S/C15H18BrN3/c1-11-18-8-9-19(11)14-5-4-12(10-13(14)16)15(17)6-2-3-7-15/h4-5,8-10H,2-3,6-7,17H2,1H3. The van der Waals surface area contributed by atoms with Crippen LogP contribution in [-0.2, 0) is 5.54 Å². The summed E-state index contributed by atoms with van der Waals surface area (Å²) < 4.78 is 3.15. The SMILES string of the molecule is Cc1nccn1-c1ccc(C2(N)CCCC2)cc1Br. The summed E-state index contributed by atoms with van der Waals surface area (Å²) in [5.41, 5.74) is 8.72. The molecule has 0 unspecified atom stereocenters. The first-order valence-corrected chi connectivity index (χ1v) is 7.49. The van der Waals surface area contributed by atoms with Gasteiger partial charge in [-0.3, -0.25) is 0 Å². The summed E-state index contributed by atoms with van der Waals surface area (Å²) in [7, 11) is 0. The van der Waals surface area contributed by atoms with Crippen LogP contribution in [0, 0.1) is 6.92 Å². The minimum absolute atomic E-state index is 0.134. The largest absolute Gasteiger partial charge is 0.321 e. The van der Waals surface area contributed by atoms with Gasteiger partial charge in [-0.2, -0.15) is 0 Å². The van der Waals surface area contributed by atoms with Crippen LogP contribution < -0.4 is 5.73 Å². The Bertz CT molecular complexity index is 597. The predicted octanol–water partition coefficient (Wildman–Crippen LogP) is 3.67. The van der Waals surface area contributed by atoms with Gasteiger partial charge in [-0.15, -0.1) is 0 Å². The molecule has 1 fully saturated rings. The van der Waals surface area contributed by atoms with Crippen LogP contribution >= 0.6 is 15.9 Å². The number of hydrogen-bond donors (Lipinski definition) is 1. The van der Waals surface area contributed by atoms with Gasteiger partial charge in [-0.1, -0.05) is 18.9 Å². The molecule has 0 radical (unpaired) electrons. The summed E-state index contributed by atoms with van der Waals surface area (Å²) in [6, 6.07) is 6.45. The van der Waals surface area contributed by atoms with Crippen LogP contribution in [0.2, 0.25) is 0 Å². The van der Waals surface area contributed by atoms with Crippen molar-refractivity contribution < 1.29 is 0 Å². The van der Waals surface area contributed by atoms with E-state index in [-0.39, 0.29) is 5.54 Å². The Balaban J connectivity index is 2.01. The van der Waals surface area contributed by atoms with Crippen molar-refractivity contribution in [3.05, 3.63) is 46.5 Å². The molecule has 3 nitrogen and oxygen atoms in total. The number of hydrogen-bond acceptors (Lipinski definition) is 2. The molecule has 1 heterocycles. The molecule has 0 bridgehead atoms. The van der Waals surface area contributed by atoms with Crippen molar-refractivity contribution in [1.82, 2.24) is 9.55 Å². The Hall–Kier alpha value is -1.13. The second kappa shape index (κ2) is 4.76. The van der Waals surface area contributed by atoms with E-state index in [2.05, 4.69) is 43.7 Å². The second-order valence-electron chi connectivity index (χ2n) is 5.37. The third-order valence-corrected chi connectivity index (χ3v) is 4.74. The van der Waals surface area contributed by atoms with Crippen LogP contribution in [-0.4, -0.2) is 9.55 Å². The molecule has 1 aliphatic rings. The Kier molecular flexibility index (Phi) is 3.23. The zero-order valence-corrected chi connectivity index (χ0v) is 12.7. The number of rotatable bonds is 2. The van der Waals surface area contributed by atoms with Crippen LogP contribution in [0.1, 0.15) is 37.1 Å². The van der Waals surface area contributed by atoms with Gasteiger partial charge in [0, 0.05) is 22.4 Å². The molecule has 0 spiro atoms. The first kappa shape index (κ1) is 12.9. The zero-order chi connectivity index (χ0) is 13.5. The molecule has 1 aromatic heterocycles. The first-order valence-electron chi connectivity index (χ1n) is 6.69. The van der Waals surface area contributed by atoms with E-state index in [1.54, 1.807) is 0 Å². The van der Waals surface area contributed by atoms with E-state index in [4.69, 9.17) is 5.73 Å². The Morgan fingerprint density at radius 2 is 2.05 bits per heavy atom. The van der Waals surface area contributed by atoms with E-state index in [9.17, 15) is 0 Å². The van der Waals surface area contributed by atoms with E-state index >= 15 is 0 Å². The Morgan fingerprint density at radius 1 is 1.32 bits per heavy atom. The maximum absolute atomic E-state index is 6.51. The molecule has 0 amide bonds. The predicted molar refractivity (Wildman–Crippen MR) is 80.3 cm³/mol. The normalized spacial score (nSPS) is 17.8. The summed E-state index contributed by atoms with van der Waals surface area (Å²) in [5.74, 6) is 0.983. The summed E-state index contributed by atoms with van der Waals surface area (Å²) in [6.45, 7) is 2.00. The van der Waals surface area contributed by atoms with Crippen molar-refractivity contribution in [2.24, 2.45) is 5.73 Å². The molecule has 1 aromatic carbocycles. The van der Waals surface area contributed by atoms with Gasteiger partial charge in [0.25, 0.3) is 0 Å². The van der Waals surface area contributed by atoms with E-state index < -0.39 is 0 Å². The highest BCUT2D eigenvalue weighted by Gasteiger charge is 2.31. The van der Waals surface area contributed by atoms with Gasteiger partial charge in [-0.05, 0) is 53.4 Å². The van der Waals surface area contributed by atoms with E-state index in [0.717, 1.165) is 28.8 Å². The number of aryl methyl sites for hydroxylation is 1. The molecule has 19 heavy (non-hydrogen) atoms. The molecule has 0 saturated heterocycles. The van der Waals surface area contributed by atoms with Gasteiger partial charge < -0.3 is 10.3 Å². The fraction of sp³-hybridized carbons (Fsp3) is 0.400. The molecule has 1 saturated carbocycles. The highest BCUT2D eigenvalue weighted by molar-refractivity contribution is 9.10. The molecule has 4 heteroatoms. The van der Waals surface area contributed by atoms with Crippen LogP contribution in [0.5, 0.6) is 0 Å². The third-order valence-electron chi connectivity index (χ3n) is 4.10. The average molecular weight is 320 g/mol. The van der Waals surface area contributed by atoms with Crippen molar-refractivity contribution >= 4 is 15.9 Å². The zero-order valence-electron chi connectivity index (χ0n) is 11.1. The number of nitrogens with two attached hydrogens (primary N) is 1. The average Bonchev–Trinajstić information content (AvgIpc) is 2.99. The molecule has 0 aliphatic heterocycles. The van der Waals surface area contributed by atoms with Crippen molar-refractivity contribution in [1.29, 1.82) is 0 Å². The number of imidazole rings is 1. The van der Waals surface area contributed by atoms with Gasteiger partial charge in [0.1, 0.15) is 5.82 Å². The van der Waals surface area contributed by atoms with Gasteiger partial charge in [0.2, 0.25) is 0 Å². The van der Waals surface area contributed by atoms with Gasteiger partial charge in [0.15, 0.2) is 0 Å². The van der Waals surface area contributed by atoms with E-state index in [0.29, 0.717) is 0 Å². The molecular formula is C15H18BrN3. The van der Waals surface area contributed by atoms with Crippen molar-refractivity contribution in [3.8, 4) is 5.69 Å². The van der Waals surface area contributed by atoms with Gasteiger partial charge in [-0.25, -0.2) is 4.98 Å². The van der Waals surface area contributed by atoms with E-state index in [1.807, 2.05) is 19.3 Å². The Morgan fingerprint density at radius 3 is 2.63 bits per heavy atom. The monoisotopic (exact) mass is 319 g/mol. The number of benzene rings is 1. The van der Waals surface area contributed by atoms with Crippen LogP contribution in [0.25, 0.3) is 5.69 Å². The Labute approximate surface area is 122 Å². The maximum atomic E-state index is 6.51. The summed E-state index contributed by atoms with van der Waals surface area (Å²) in [5, 5.41) is 0. The molecule has 2 N–H and O–H groups in total. The highest BCUT2D eigenvalue weighted by Crippen LogP contribution is 2.38. The minimum atomic E-state index is -0.134. The van der Waals surface area contributed by atoms with Crippen LogP contribution in [0.4, 0.5) is 0 Å². The molecule has 100 valence electrons. The van der Waals surface area contributed by atoms with Crippen LogP contribution in [0.15, 0.2) is 35.1 Å². The lowest BCUT2D eigenvalue weighted by Gasteiger charge is -2.25. The lowest BCUT2D eigenvalue weighted by molar-refractivity contribution is 0.461. The third kappa shape index (κ3) is 2.23. The number of halogens is 1. The summed E-state index contributed by atoms with van der Waals surface area (Å²) in [6.07, 6.45) is 8.43. The van der Waals surface area contributed by atoms with Gasteiger partial charge in [0.05, 0.1) is 5.69 Å². The first-order chi connectivity index (χ1) is 9.10. The van der Waals surface area contributed by atoms with Crippen molar-refractivity contribution in [3.63, 3.8) is 0 Å². The summed E-state index contributed by atoms with van der Waals surface area (Å²) in [4.78, 5) is 4.27. The summed E-state index contributed by atoms with van der Waals surface area (Å²) >= 11 is 3.67. The smallest absolute Gasteiger partial charge is 0.110 e. The van der Waals surface area contributed by atoms with Crippen molar-refractivity contribution in [2.75, 3.05) is 0 Å². The van der Waals surface area contributed by atoms with Gasteiger partial charge >= 0.3 is 0 Å². The molecule has 1 aliphatic carbocycles. The molecule has 0 atom stereocenters. The maximum Gasteiger partial charge on any atom is 0.110 e. The lowest BCUT2D eigenvalue weighted by Crippen LogP contribution is -2.33. The fourth-order valence-electron chi connectivity index (χ4n) is 2.94. The fourth-order valence-corrected chi connectivity index (χ4v) is 3.51. The topological polar surface area (TPSA) is 43.8 Å². The van der Waals surface area contributed by atoms with E-state index in [1.165, 1.54) is 18.4 Å². The lowest BCUT2D eigenvalue weighted by atomic mass is 9.89. The van der Waals surface area contributed by atoms with Crippen molar-refractivity contribution in [2.45, 2.75) is 38.1 Å². The minimum Gasteiger partial charge on any atom is -0.321 e. The highest BCUT2D eigenvalue weighted by atomic mass is 79.9. The molecule has 2 aromatic rings. The number of nitrogens with zero attached hydrogens (tertiary/aromatic N) is 2. The number of aromatic nitrogens is 2. The quantitative estimate of drug-likeness (QED) is 0.917. The second-order valence-corrected chi connectivity index (χ2v) is 6.23. The van der Waals surface area contributed by atoms with Crippen LogP contribution in [0.3, 0.4) is 0 Å².